The van der Waals surface area contributed by atoms with Crippen molar-refractivity contribution in [3.8, 4) is 11.1 Å². The SMILES string of the molecule is O=C(NCC(F)(F)F)c1cccc(-c2ccc(NC(=O)c3ccccc3)nc2)c1. The molecule has 0 atom stereocenters. The highest BCUT2D eigenvalue weighted by atomic mass is 19.4. The molecule has 0 saturated carbocycles. The van der Waals surface area contributed by atoms with Gasteiger partial charge in [0.1, 0.15) is 12.4 Å². The summed E-state index contributed by atoms with van der Waals surface area (Å²) in [5.41, 5.74) is 1.86. The number of pyridine rings is 1. The van der Waals surface area contributed by atoms with Crippen LogP contribution in [0.4, 0.5) is 19.0 Å². The molecule has 0 spiro atoms. The smallest absolute Gasteiger partial charge is 0.343 e. The lowest BCUT2D eigenvalue weighted by Crippen LogP contribution is -2.33. The Balaban J connectivity index is 1.70. The van der Waals surface area contributed by atoms with Gasteiger partial charge in [0.25, 0.3) is 11.8 Å². The fourth-order valence-corrected chi connectivity index (χ4v) is 2.54. The van der Waals surface area contributed by atoms with Crippen molar-refractivity contribution in [3.63, 3.8) is 0 Å². The summed E-state index contributed by atoms with van der Waals surface area (Å²) in [7, 11) is 0. The van der Waals surface area contributed by atoms with Crippen LogP contribution >= 0.6 is 0 Å². The number of anilines is 1. The number of halogens is 3. The quantitative estimate of drug-likeness (QED) is 0.672. The number of amides is 2. The molecule has 5 nitrogen and oxygen atoms in total. The number of hydrogen-bond donors (Lipinski definition) is 2. The van der Waals surface area contributed by atoms with E-state index in [0.29, 0.717) is 22.5 Å². The molecule has 0 aliphatic heterocycles. The molecule has 0 aliphatic carbocycles. The molecule has 2 amide bonds. The Bertz CT molecular complexity index is 1000. The summed E-state index contributed by atoms with van der Waals surface area (Å²) in [6, 6.07) is 18.2. The highest BCUT2D eigenvalue weighted by Gasteiger charge is 2.27. The summed E-state index contributed by atoms with van der Waals surface area (Å²) in [4.78, 5) is 28.2. The third kappa shape index (κ3) is 5.65. The Hall–Kier alpha value is -3.68. The minimum atomic E-state index is -4.47. The second-order valence-electron chi connectivity index (χ2n) is 6.13. The van der Waals surface area contributed by atoms with Crippen LogP contribution in [0.25, 0.3) is 11.1 Å². The van der Waals surface area contributed by atoms with Gasteiger partial charge in [-0.05, 0) is 42.0 Å². The van der Waals surface area contributed by atoms with Crippen molar-refractivity contribution in [2.45, 2.75) is 6.18 Å². The lowest BCUT2D eigenvalue weighted by atomic mass is 10.0. The lowest BCUT2D eigenvalue weighted by molar-refractivity contribution is -0.123. The number of nitrogens with zero attached hydrogens (tertiary/aromatic N) is 1. The average Bonchev–Trinajstić information content (AvgIpc) is 2.73. The van der Waals surface area contributed by atoms with Gasteiger partial charge in [-0.3, -0.25) is 9.59 Å². The van der Waals surface area contributed by atoms with Crippen molar-refractivity contribution >= 4 is 17.6 Å². The highest BCUT2D eigenvalue weighted by molar-refractivity contribution is 6.03. The zero-order valence-electron chi connectivity index (χ0n) is 15.0. The van der Waals surface area contributed by atoms with Gasteiger partial charge in [-0.2, -0.15) is 13.2 Å². The molecular formula is C21H16F3N3O2. The number of carbonyl (C=O) groups excluding carboxylic acids is 2. The normalized spacial score (nSPS) is 11.0. The molecule has 148 valence electrons. The summed E-state index contributed by atoms with van der Waals surface area (Å²) >= 11 is 0. The molecule has 29 heavy (non-hydrogen) atoms. The van der Waals surface area contributed by atoms with E-state index in [1.807, 2.05) is 5.32 Å². The molecule has 3 rings (SSSR count). The lowest BCUT2D eigenvalue weighted by Gasteiger charge is -2.10. The highest BCUT2D eigenvalue weighted by Crippen LogP contribution is 2.21. The Morgan fingerprint density at radius 3 is 2.21 bits per heavy atom. The monoisotopic (exact) mass is 399 g/mol. The zero-order valence-corrected chi connectivity index (χ0v) is 15.0. The molecule has 3 aromatic rings. The number of alkyl halides is 3. The first-order chi connectivity index (χ1) is 13.8. The maximum absolute atomic E-state index is 12.3. The molecule has 0 unspecified atom stereocenters. The number of hydrogen-bond acceptors (Lipinski definition) is 3. The first-order valence-electron chi connectivity index (χ1n) is 8.60. The van der Waals surface area contributed by atoms with Crippen LogP contribution in [0.15, 0.2) is 72.9 Å². The van der Waals surface area contributed by atoms with Crippen LogP contribution in [0.1, 0.15) is 20.7 Å². The van der Waals surface area contributed by atoms with Gasteiger partial charge >= 0.3 is 6.18 Å². The van der Waals surface area contributed by atoms with Crippen molar-refractivity contribution in [1.82, 2.24) is 10.3 Å². The fraction of sp³-hybridized carbons (Fsp3) is 0.0952. The van der Waals surface area contributed by atoms with Crippen molar-refractivity contribution < 1.29 is 22.8 Å². The molecule has 2 N–H and O–H groups in total. The molecule has 8 heteroatoms. The topological polar surface area (TPSA) is 71.1 Å². The Morgan fingerprint density at radius 1 is 0.828 bits per heavy atom. The predicted molar refractivity (Wildman–Crippen MR) is 102 cm³/mol. The second-order valence-corrected chi connectivity index (χ2v) is 6.13. The van der Waals surface area contributed by atoms with Gasteiger partial charge in [0.2, 0.25) is 0 Å². The maximum atomic E-state index is 12.3. The molecule has 0 bridgehead atoms. The van der Waals surface area contributed by atoms with Crippen LogP contribution in [0, 0.1) is 0 Å². The van der Waals surface area contributed by atoms with E-state index in [9.17, 15) is 22.8 Å². The van der Waals surface area contributed by atoms with E-state index in [2.05, 4.69) is 10.3 Å². The minimum Gasteiger partial charge on any atom is -0.343 e. The van der Waals surface area contributed by atoms with Crippen LogP contribution in [0.5, 0.6) is 0 Å². The van der Waals surface area contributed by atoms with Crippen LogP contribution in [0.2, 0.25) is 0 Å². The van der Waals surface area contributed by atoms with Gasteiger partial charge in [-0.15, -0.1) is 0 Å². The number of benzene rings is 2. The van der Waals surface area contributed by atoms with Gasteiger partial charge < -0.3 is 10.6 Å². The Labute approximate surface area is 164 Å². The van der Waals surface area contributed by atoms with Crippen molar-refractivity contribution in [3.05, 3.63) is 84.1 Å². The van der Waals surface area contributed by atoms with Gasteiger partial charge in [0.05, 0.1) is 0 Å². The standard InChI is InChI=1S/C21H16F3N3O2/c22-21(23,24)13-26-19(28)16-8-4-7-15(11-16)17-9-10-18(25-12-17)27-20(29)14-5-2-1-3-6-14/h1-12H,13H2,(H,26,28)(H,25,27,29). The van der Waals surface area contributed by atoms with E-state index >= 15 is 0 Å². The molecular weight excluding hydrogens is 383 g/mol. The Morgan fingerprint density at radius 2 is 1.55 bits per heavy atom. The van der Waals surface area contributed by atoms with Gasteiger partial charge in [-0.1, -0.05) is 30.3 Å². The van der Waals surface area contributed by atoms with Crippen molar-refractivity contribution in [1.29, 1.82) is 0 Å². The summed E-state index contributed by atoms with van der Waals surface area (Å²) in [5, 5.41) is 4.51. The third-order valence-corrected chi connectivity index (χ3v) is 3.95. The summed E-state index contributed by atoms with van der Waals surface area (Å²) in [6.45, 7) is -1.40. The third-order valence-electron chi connectivity index (χ3n) is 3.95. The molecule has 1 aromatic heterocycles. The van der Waals surface area contributed by atoms with Crippen LogP contribution in [-0.2, 0) is 0 Å². The van der Waals surface area contributed by atoms with Crippen LogP contribution < -0.4 is 10.6 Å². The first kappa shape index (κ1) is 20.1. The molecule has 1 heterocycles. The Kier molecular flexibility index (Phi) is 5.92. The van der Waals surface area contributed by atoms with E-state index in [1.165, 1.54) is 18.3 Å². The number of nitrogens with one attached hydrogen (secondary N) is 2. The van der Waals surface area contributed by atoms with E-state index < -0.39 is 18.6 Å². The molecule has 0 fully saturated rings. The minimum absolute atomic E-state index is 0.105. The van der Waals surface area contributed by atoms with E-state index in [1.54, 1.807) is 54.6 Å². The van der Waals surface area contributed by atoms with Crippen molar-refractivity contribution in [2.24, 2.45) is 0 Å². The van der Waals surface area contributed by atoms with E-state index in [4.69, 9.17) is 0 Å². The van der Waals surface area contributed by atoms with Crippen molar-refractivity contribution in [2.75, 3.05) is 11.9 Å². The first-order valence-corrected chi connectivity index (χ1v) is 8.60. The van der Waals surface area contributed by atoms with Crippen LogP contribution in [0.3, 0.4) is 0 Å². The summed E-state index contributed by atoms with van der Waals surface area (Å²) in [6.07, 6.45) is -2.97. The molecule has 0 saturated heterocycles. The average molecular weight is 399 g/mol. The maximum Gasteiger partial charge on any atom is 0.405 e. The van der Waals surface area contributed by atoms with Gasteiger partial charge in [-0.25, -0.2) is 4.98 Å². The molecule has 2 aromatic carbocycles. The number of rotatable bonds is 5. The molecule has 0 radical (unpaired) electrons. The zero-order chi connectivity index (χ0) is 20.9. The predicted octanol–water partition coefficient (Wildman–Crippen LogP) is 4.29. The largest absolute Gasteiger partial charge is 0.405 e. The summed E-state index contributed by atoms with van der Waals surface area (Å²) in [5.74, 6) is -0.764. The molecule has 0 aliphatic rings. The van der Waals surface area contributed by atoms with Gasteiger partial charge in [0.15, 0.2) is 0 Å². The van der Waals surface area contributed by atoms with E-state index in [-0.39, 0.29) is 11.5 Å². The van der Waals surface area contributed by atoms with E-state index in [0.717, 1.165) is 0 Å². The number of aromatic nitrogens is 1. The van der Waals surface area contributed by atoms with Crippen LogP contribution in [-0.4, -0.2) is 29.5 Å². The number of carbonyl (C=O) groups is 2. The second kappa shape index (κ2) is 8.55. The summed E-state index contributed by atoms with van der Waals surface area (Å²) < 4.78 is 36.8. The van der Waals surface area contributed by atoms with Gasteiger partial charge in [0, 0.05) is 22.9 Å². The fourth-order valence-electron chi connectivity index (χ4n) is 2.54.